The molecule has 1 aromatic heterocycles. The van der Waals surface area contributed by atoms with Crippen molar-refractivity contribution in [2.24, 2.45) is 5.73 Å². The molecule has 4 atom stereocenters. The molecule has 0 saturated heterocycles. The van der Waals surface area contributed by atoms with Crippen LogP contribution in [0.15, 0.2) is 30.5 Å². The van der Waals surface area contributed by atoms with E-state index in [9.17, 15) is 4.79 Å². The molecule has 2 aliphatic carbocycles. The fourth-order valence-electron chi connectivity index (χ4n) is 4.30. The number of nitrogens with two attached hydrogens (primary N) is 1. The van der Waals surface area contributed by atoms with E-state index in [-0.39, 0.29) is 16.9 Å². The van der Waals surface area contributed by atoms with Crippen molar-refractivity contribution in [3.05, 3.63) is 41.6 Å². The van der Waals surface area contributed by atoms with Crippen LogP contribution < -0.4 is 11.1 Å². The molecule has 1 heterocycles. The van der Waals surface area contributed by atoms with Gasteiger partial charge in [-0.2, -0.15) is 0 Å². The molecule has 1 aromatic carbocycles. The van der Waals surface area contributed by atoms with E-state index in [1.165, 1.54) is 11.1 Å². The number of hydrogen-bond acceptors (Lipinski definition) is 4. The first-order chi connectivity index (χ1) is 12.4. The lowest BCUT2D eigenvalue weighted by Crippen LogP contribution is -2.22. The predicted octanol–water partition coefficient (Wildman–Crippen LogP) is 3.26. The highest BCUT2D eigenvalue weighted by Gasteiger charge is 2.56. The van der Waals surface area contributed by atoms with Crippen LogP contribution in [-0.4, -0.2) is 31.7 Å². The average molecular weight is 355 g/mol. The second-order valence-corrected chi connectivity index (χ2v) is 7.70. The molecule has 4 rings (SSSR count). The van der Waals surface area contributed by atoms with E-state index in [1.54, 1.807) is 6.20 Å². The molecule has 4 unspecified atom stereocenters. The molecule has 2 fully saturated rings. The number of carboxylic acid groups (broad SMARTS) is 1. The lowest BCUT2D eigenvalue weighted by Gasteiger charge is -2.15. The molecule has 26 heavy (non-hydrogen) atoms. The molecule has 7 heteroatoms. The Bertz CT molecular complexity index is 833. The lowest BCUT2D eigenvalue weighted by molar-refractivity contribution is 0.209. The second-order valence-electron chi connectivity index (χ2n) is 7.70. The fourth-order valence-corrected chi connectivity index (χ4v) is 4.30. The van der Waals surface area contributed by atoms with Gasteiger partial charge in [0.05, 0.1) is 11.7 Å². The third-order valence-corrected chi connectivity index (χ3v) is 6.36. The summed E-state index contributed by atoms with van der Waals surface area (Å²) in [4.78, 5) is 10.8. The Labute approximate surface area is 152 Å². The van der Waals surface area contributed by atoms with Crippen molar-refractivity contribution in [2.75, 3.05) is 5.32 Å². The van der Waals surface area contributed by atoms with Crippen LogP contribution in [-0.2, 0) is 5.54 Å². The van der Waals surface area contributed by atoms with E-state index in [0.29, 0.717) is 11.8 Å². The van der Waals surface area contributed by atoms with Gasteiger partial charge in [0.2, 0.25) is 0 Å². The summed E-state index contributed by atoms with van der Waals surface area (Å²) < 4.78 is 1.82. The summed E-state index contributed by atoms with van der Waals surface area (Å²) in [5, 5.41) is 19.1. The highest BCUT2D eigenvalue weighted by molar-refractivity contribution is 5.81. The minimum Gasteiger partial charge on any atom is -0.465 e. The van der Waals surface area contributed by atoms with Crippen molar-refractivity contribution in [1.82, 2.24) is 15.0 Å². The summed E-state index contributed by atoms with van der Waals surface area (Å²) in [6.07, 6.45) is 4.54. The Morgan fingerprint density at radius 1 is 1.23 bits per heavy atom. The molecular weight excluding hydrogens is 330 g/mol. The fraction of sp³-hybridized carbons (Fsp3) is 0.526. The van der Waals surface area contributed by atoms with E-state index in [0.717, 1.165) is 25.7 Å². The SMILES string of the molecule is CCC1(N)CC1c1ccc(C2CC2(CC)n2cc(NC(=O)O)nn2)cc1. The third kappa shape index (κ3) is 2.67. The molecule has 2 saturated carbocycles. The molecule has 1 amide bonds. The zero-order valence-electron chi connectivity index (χ0n) is 15.1. The van der Waals surface area contributed by atoms with Crippen molar-refractivity contribution in [3.63, 3.8) is 0 Å². The van der Waals surface area contributed by atoms with Gasteiger partial charge in [-0.05, 0) is 36.8 Å². The van der Waals surface area contributed by atoms with Crippen molar-refractivity contribution in [1.29, 1.82) is 0 Å². The standard InChI is InChI=1S/C19H25N5O2/c1-3-18(20)9-14(18)12-5-7-13(8-6-12)15-10-19(15,4-2)24-11-16(22-23-24)21-17(25)26/h5-8,11,14-15,21H,3-4,9-10,20H2,1-2H3,(H,25,26). The molecule has 7 nitrogen and oxygen atoms in total. The normalized spacial score (nSPS) is 32.3. The largest absolute Gasteiger partial charge is 0.465 e. The van der Waals surface area contributed by atoms with Gasteiger partial charge in [-0.15, -0.1) is 5.10 Å². The molecule has 0 radical (unpaired) electrons. The van der Waals surface area contributed by atoms with Gasteiger partial charge in [0.25, 0.3) is 0 Å². The topological polar surface area (TPSA) is 106 Å². The van der Waals surface area contributed by atoms with Gasteiger partial charge in [0.15, 0.2) is 5.82 Å². The summed E-state index contributed by atoms with van der Waals surface area (Å²) >= 11 is 0. The van der Waals surface area contributed by atoms with Crippen LogP contribution in [0, 0.1) is 0 Å². The molecule has 4 N–H and O–H groups in total. The van der Waals surface area contributed by atoms with Crippen molar-refractivity contribution in [3.8, 4) is 0 Å². The molecule has 2 aliphatic rings. The number of nitrogens with zero attached hydrogens (tertiary/aromatic N) is 3. The molecular formula is C19H25N5O2. The maximum Gasteiger partial charge on any atom is 0.410 e. The zero-order chi connectivity index (χ0) is 18.5. The van der Waals surface area contributed by atoms with Crippen LogP contribution in [0.2, 0.25) is 0 Å². The van der Waals surface area contributed by atoms with Crippen molar-refractivity contribution >= 4 is 11.9 Å². The summed E-state index contributed by atoms with van der Waals surface area (Å²) in [7, 11) is 0. The number of carbonyl (C=O) groups is 1. The highest BCUT2D eigenvalue weighted by Crippen LogP contribution is 2.59. The Morgan fingerprint density at radius 3 is 2.42 bits per heavy atom. The number of amides is 1. The number of anilines is 1. The Hall–Kier alpha value is -2.41. The van der Waals surface area contributed by atoms with Gasteiger partial charge in [0.1, 0.15) is 0 Å². The van der Waals surface area contributed by atoms with E-state index >= 15 is 0 Å². The second kappa shape index (κ2) is 5.81. The number of benzene rings is 1. The smallest absolute Gasteiger partial charge is 0.410 e. The lowest BCUT2D eigenvalue weighted by atomic mass is 9.99. The number of aromatic nitrogens is 3. The summed E-state index contributed by atoms with van der Waals surface area (Å²) in [6, 6.07) is 8.84. The van der Waals surface area contributed by atoms with Crippen molar-refractivity contribution < 1.29 is 9.90 Å². The Balaban J connectivity index is 1.50. The maximum absolute atomic E-state index is 10.8. The molecule has 2 aromatic rings. The average Bonchev–Trinajstić information content (AvgIpc) is 3.49. The third-order valence-electron chi connectivity index (χ3n) is 6.36. The Kier molecular flexibility index (Phi) is 3.80. The van der Waals surface area contributed by atoms with Gasteiger partial charge in [-0.1, -0.05) is 43.3 Å². The monoisotopic (exact) mass is 355 g/mol. The van der Waals surface area contributed by atoms with Crippen LogP contribution in [0.25, 0.3) is 0 Å². The van der Waals surface area contributed by atoms with Crippen LogP contribution in [0.3, 0.4) is 0 Å². The van der Waals surface area contributed by atoms with E-state index < -0.39 is 6.09 Å². The number of rotatable bonds is 6. The summed E-state index contributed by atoms with van der Waals surface area (Å²) in [5.41, 5.74) is 8.83. The first-order valence-electron chi connectivity index (χ1n) is 9.23. The van der Waals surface area contributed by atoms with Crippen LogP contribution >= 0.6 is 0 Å². The van der Waals surface area contributed by atoms with Gasteiger partial charge in [0, 0.05) is 17.4 Å². The van der Waals surface area contributed by atoms with Crippen LogP contribution in [0.5, 0.6) is 0 Å². The molecule has 0 spiro atoms. The first kappa shape index (κ1) is 17.0. The number of nitrogens with one attached hydrogen (secondary N) is 1. The zero-order valence-corrected chi connectivity index (χ0v) is 15.1. The van der Waals surface area contributed by atoms with Gasteiger partial charge < -0.3 is 10.8 Å². The van der Waals surface area contributed by atoms with E-state index in [1.807, 2.05) is 4.68 Å². The highest BCUT2D eigenvalue weighted by atomic mass is 16.4. The van der Waals surface area contributed by atoms with E-state index in [2.05, 4.69) is 53.7 Å². The van der Waals surface area contributed by atoms with Crippen LogP contribution in [0.4, 0.5) is 10.6 Å². The van der Waals surface area contributed by atoms with Crippen molar-refractivity contribution in [2.45, 2.75) is 62.4 Å². The minimum atomic E-state index is -1.13. The molecule has 0 bridgehead atoms. The quantitative estimate of drug-likeness (QED) is 0.737. The molecule has 0 aliphatic heterocycles. The van der Waals surface area contributed by atoms with Gasteiger partial charge >= 0.3 is 6.09 Å². The Morgan fingerprint density at radius 2 is 1.88 bits per heavy atom. The van der Waals surface area contributed by atoms with E-state index in [4.69, 9.17) is 10.8 Å². The summed E-state index contributed by atoms with van der Waals surface area (Å²) in [6.45, 7) is 4.29. The van der Waals surface area contributed by atoms with Gasteiger partial charge in [-0.3, -0.25) is 5.32 Å². The number of hydrogen-bond donors (Lipinski definition) is 3. The predicted molar refractivity (Wildman–Crippen MR) is 98.3 cm³/mol. The first-order valence-corrected chi connectivity index (χ1v) is 9.23. The van der Waals surface area contributed by atoms with Crippen LogP contribution in [0.1, 0.15) is 62.5 Å². The summed E-state index contributed by atoms with van der Waals surface area (Å²) in [5.74, 6) is 1.12. The maximum atomic E-state index is 10.8. The molecule has 138 valence electrons. The van der Waals surface area contributed by atoms with Gasteiger partial charge in [-0.25, -0.2) is 9.48 Å². The minimum absolute atomic E-state index is 0.0114.